The molecule has 2 N–H and O–H groups in total. The molecule has 35 heavy (non-hydrogen) atoms. The fraction of sp³-hybridized carbons (Fsp3) is 0.269. The summed E-state index contributed by atoms with van der Waals surface area (Å²) in [5.41, 5.74) is 4.18. The van der Waals surface area contributed by atoms with Crippen LogP contribution in [-0.4, -0.2) is 38.2 Å². The molecule has 6 nitrogen and oxygen atoms in total. The first-order chi connectivity index (χ1) is 16.9. The predicted molar refractivity (Wildman–Crippen MR) is 130 cm³/mol. The van der Waals surface area contributed by atoms with E-state index in [1.807, 2.05) is 30.6 Å². The predicted octanol–water partition coefficient (Wildman–Crippen LogP) is 6.11. The van der Waals surface area contributed by atoms with Crippen LogP contribution in [0.25, 0.3) is 27.7 Å². The number of aromatic amines is 1. The van der Waals surface area contributed by atoms with Gasteiger partial charge in [-0.05, 0) is 61.3 Å². The highest BCUT2D eigenvalue weighted by atomic mass is 19.4. The van der Waals surface area contributed by atoms with Crippen molar-refractivity contribution in [3.05, 3.63) is 78.5 Å². The molecular weight excluding hydrogens is 453 g/mol. The van der Waals surface area contributed by atoms with Gasteiger partial charge >= 0.3 is 6.18 Å². The number of hydrogen-bond donors (Lipinski definition) is 2. The highest BCUT2D eigenvalue weighted by molar-refractivity contribution is 5.95. The van der Waals surface area contributed by atoms with Crippen LogP contribution in [0.2, 0.25) is 0 Å². The lowest BCUT2D eigenvalue weighted by molar-refractivity contribution is -0.137. The van der Waals surface area contributed by atoms with E-state index in [0.29, 0.717) is 11.4 Å². The van der Waals surface area contributed by atoms with Crippen molar-refractivity contribution < 1.29 is 13.2 Å². The van der Waals surface area contributed by atoms with E-state index < -0.39 is 11.7 Å². The van der Waals surface area contributed by atoms with E-state index in [4.69, 9.17) is 0 Å². The van der Waals surface area contributed by atoms with Gasteiger partial charge in [-0.3, -0.25) is 20.0 Å². The van der Waals surface area contributed by atoms with Crippen LogP contribution in [0.3, 0.4) is 0 Å². The van der Waals surface area contributed by atoms with E-state index in [2.05, 4.69) is 43.0 Å². The van der Waals surface area contributed by atoms with Crippen LogP contribution in [0.4, 0.5) is 18.9 Å². The largest absolute Gasteiger partial charge is 0.417 e. The van der Waals surface area contributed by atoms with Crippen LogP contribution in [0.15, 0.2) is 61.7 Å². The quantitative estimate of drug-likeness (QED) is 0.350. The Balaban J connectivity index is 1.39. The highest BCUT2D eigenvalue weighted by Crippen LogP contribution is 2.32. The fourth-order valence-corrected chi connectivity index (χ4v) is 4.43. The number of halogens is 3. The Hall–Kier alpha value is -3.72. The topological polar surface area (TPSA) is 69.7 Å². The van der Waals surface area contributed by atoms with Crippen LogP contribution >= 0.6 is 0 Å². The Labute approximate surface area is 200 Å². The second-order valence-electron chi connectivity index (χ2n) is 8.81. The highest BCUT2D eigenvalue weighted by Gasteiger charge is 2.31. The number of nitrogens with one attached hydrogen (secondary N) is 2. The maximum absolute atomic E-state index is 13.0. The number of hydrogen-bond acceptors (Lipinski definition) is 5. The minimum Gasteiger partial charge on any atom is -0.353 e. The number of fused-ring (bicyclic) bond motifs is 1. The molecule has 0 radical (unpaired) electrons. The first-order valence-corrected chi connectivity index (χ1v) is 11.5. The number of likely N-dealkylation sites (tertiary alicyclic amines) is 1. The van der Waals surface area contributed by atoms with Crippen molar-refractivity contribution in [2.45, 2.75) is 32.0 Å². The standard InChI is InChI=1S/C26H25F3N6/c1-17(32-22-11-21(14-31-15-22)26(27,28)29)25-23-10-19(5-6-24(23)33-34-25)20-9-18(12-30-13-20)16-35-7-3-2-4-8-35/h5-6,9-15,32H,1-4,7-8,16H2,(H,33,34). The molecule has 4 aromatic rings. The lowest BCUT2D eigenvalue weighted by Gasteiger charge is -2.26. The van der Waals surface area contributed by atoms with E-state index in [9.17, 15) is 13.2 Å². The van der Waals surface area contributed by atoms with E-state index in [1.165, 1.54) is 31.0 Å². The molecule has 0 spiro atoms. The Kier molecular flexibility index (Phi) is 6.25. The third kappa shape index (κ3) is 5.19. The Morgan fingerprint density at radius 3 is 2.57 bits per heavy atom. The number of benzene rings is 1. The monoisotopic (exact) mass is 478 g/mol. The summed E-state index contributed by atoms with van der Waals surface area (Å²) < 4.78 is 39.1. The molecule has 1 aromatic carbocycles. The normalized spacial score (nSPS) is 14.8. The van der Waals surface area contributed by atoms with Gasteiger partial charge in [-0.25, -0.2) is 0 Å². The van der Waals surface area contributed by atoms with Gasteiger partial charge < -0.3 is 5.32 Å². The molecule has 0 amide bonds. The third-order valence-corrected chi connectivity index (χ3v) is 6.19. The van der Waals surface area contributed by atoms with Gasteiger partial charge in [0.25, 0.3) is 0 Å². The molecule has 4 heterocycles. The van der Waals surface area contributed by atoms with Gasteiger partial charge in [-0.1, -0.05) is 19.1 Å². The average molecular weight is 479 g/mol. The molecule has 0 bridgehead atoms. The minimum absolute atomic E-state index is 0.187. The van der Waals surface area contributed by atoms with Crippen LogP contribution < -0.4 is 5.32 Å². The number of aromatic nitrogens is 4. The van der Waals surface area contributed by atoms with E-state index >= 15 is 0 Å². The molecule has 1 aliphatic heterocycles. The number of nitrogens with zero attached hydrogens (tertiary/aromatic N) is 4. The summed E-state index contributed by atoms with van der Waals surface area (Å²) in [6.45, 7) is 7.11. The summed E-state index contributed by atoms with van der Waals surface area (Å²) in [5.74, 6) is 0. The molecule has 0 unspecified atom stereocenters. The number of rotatable bonds is 6. The molecule has 3 aromatic heterocycles. The number of H-pyrrole nitrogens is 1. The fourth-order valence-electron chi connectivity index (χ4n) is 4.43. The van der Waals surface area contributed by atoms with Crippen molar-refractivity contribution in [2.24, 2.45) is 0 Å². The molecule has 0 saturated carbocycles. The Morgan fingerprint density at radius 2 is 1.77 bits per heavy atom. The average Bonchev–Trinajstić information content (AvgIpc) is 3.28. The first kappa shape index (κ1) is 23.0. The van der Waals surface area contributed by atoms with E-state index in [-0.39, 0.29) is 5.69 Å². The summed E-state index contributed by atoms with van der Waals surface area (Å²) in [6, 6.07) is 9.07. The summed E-state index contributed by atoms with van der Waals surface area (Å²) in [5, 5.41) is 11.0. The number of pyridine rings is 2. The lowest BCUT2D eigenvalue weighted by atomic mass is 10.0. The summed E-state index contributed by atoms with van der Waals surface area (Å²) in [7, 11) is 0. The smallest absolute Gasteiger partial charge is 0.353 e. The summed E-state index contributed by atoms with van der Waals surface area (Å²) in [6.07, 6.45) is 5.15. The zero-order valence-corrected chi connectivity index (χ0v) is 19.1. The maximum Gasteiger partial charge on any atom is 0.417 e. The van der Waals surface area contributed by atoms with Crippen LogP contribution in [0.5, 0.6) is 0 Å². The number of anilines is 1. The molecule has 0 atom stereocenters. The van der Waals surface area contributed by atoms with Crippen LogP contribution in [0, 0.1) is 0 Å². The van der Waals surface area contributed by atoms with Gasteiger partial charge in [0.1, 0.15) is 5.69 Å². The van der Waals surface area contributed by atoms with E-state index in [0.717, 1.165) is 53.9 Å². The summed E-state index contributed by atoms with van der Waals surface area (Å²) in [4.78, 5) is 10.6. The molecule has 1 aliphatic rings. The Bertz CT molecular complexity index is 1350. The van der Waals surface area contributed by atoms with E-state index in [1.54, 1.807) is 0 Å². The molecule has 5 rings (SSSR count). The van der Waals surface area contributed by atoms with Crippen molar-refractivity contribution in [3.8, 4) is 11.1 Å². The minimum atomic E-state index is -4.48. The molecule has 9 heteroatoms. The van der Waals surface area contributed by atoms with Gasteiger partial charge in [0.15, 0.2) is 0 Å². The van der Waals surface area contributed by atoms with Gasteiger partial charge in [0, 0.05) is 36.1 Å². The SMILES string of the molecule is C=C(Nc1cncc(C(F)(F)F)c1)c1n[nH]c2ccc(-c3cncc(CN4CCCCC4)c3)cc12. The summed E-state index contributed by atoms with van der Waals surface area (Å²) >= 11 is 0. The third-order valence-electron chi connectivity index (χ3n) is 6.19. The van der Waals surface area contributed by atoms with Crippen molar-refractivity contribution in [3.63, 3.8) is 0 Å². The number of piperidine rings is 1. The van der Waals surface area contributed by atoms with Crippen molar-refractivity contribution >= 4 is 22.3 Å². The second kappa shape index (κ2) is 9.50. The molecule has 1 fully saturated rings. The van der Waals surface area contributed by atoms with Crippen molar-refractivity contribution in [1.29, 1.82) is 0 Å². The van der Waals surface area contributed by atoms with Gasteiger partial charge in [0.2, 0.25) is 0 Å². The Morgan fingerprint density at radius 1 is 0.971 bits per heavy atom. The lowest BCUT2D eigenvalue weighted by Crippen LogP contribution is -2.29. The van der Waals surface area contributed by atoms with Crippen LogP contribution in [0.1, 0.15) is 36.1 Å². The number of alkyl halides is 3. The molecule has 1 saturated heterocycles. The zero-order chi connectivity index (χ0) is 24.4. The zero-order valence-electron chi connectivity index (χ0n) is 19.1. The van der Waals surface area contributed by atoms with Gasteiger partial charge in [-0.2, -0.15) is 18.3 Å². The van der Waals surface area contributed by atoms with Gasteiger partial charge in [0.05, 0.1) is 28.7 Å². The van der Waals surface area contributed by atoms with Crippen molar-refractivity contribution in [2.75, 3.05) is 18.4 Å². The second-order valence-corrected chi connectivity index (χ2v) is 8.81. The van der Waals surface area contributed by atoms with Gasteiger partial charge in [-0.15, -0.1) is 0 Å². The maximum atomic E-state index is 13.0. The molecule has 180 valence electrons. The van der Waals surface area contributed by atoms with Crippen LogP contribution in [-0.2, 0) is 12.7 Å². The van der Waals surface area contributed by atoms with Crippen molar-refractivity contribution in [1.82, 2.24) is 25.1 Å². The molecular formula is C26H25F3N6. The molecule has 0 aliphatic carbocycles. The first-order valence-electron chi connectivity index (χ1n) is 11.5.